The van der Waals surface area contributed by atoms with Gasteiger partial charge >= 0.3 is 5.97 Å². The molecule has 0 aromatic heterocycles. The Bertz CT molecular complexity index is 1160. The molecule has 1 amide bonds. The monoisotopic (exact) mass is 473 g/mol. The summed E-state index contributed by atoms with van der Waals surface area (Å²) in [5.74, 6) is -1.26. The van der Waals surface area contributed by atoms with Gasteiger partial charge in [-0.15, -0.1) is 0 Å². The number of methoxy groups -OCH3 is 1. The van der Waals surface area contributed by atoms with Crippen LogP contribution in [0.15, 0.2) is 47.4 Å². The lowest BCUT2D eigenvalue weighted by molar-refractivity contribution is -0.116. The van der Waals surface area contributed by atoms with Crippen LogP contribution in [-0.4, -0.2) is 64.2 Å². The van der Waals surface area contributed by atoms with Crippen molar-refractivity contribution in [1.82, 2.24) is 4.31 Å². The van der Waals surface area contributed by atoms with Gasteiger partial charge in [-0.05, 0) is 50.1 Å². The van der Waals surface area contributed by atoms with E-state index < -0.39 is 28.4 Å². The molecule has 1 aliphatic rings. The molecule has 1 N–H and O–H groups in total. The summed E-state index contributed by atoms with van der Waals surface area (Å²) in [6.07, 6.45) is 2.05. The molecule has 0 saturated carbocycles. The lowest BCUT2D eigenvalue weighted by Crippen LogP contribution is -2.35. The van der Waals surface area contributed by atoms with Crippen LogP contribution in [-0.2, 0) is 19.6 Å². The fourth-order valence-electron chi connectivity index (χ4n) is 3.63. The molecule has 1 heterocycles. The second-order valence-electron chi connectivity index (χ2n) is 7.81. The first-order chi connectivity index (χ1) is 15.6. The van der Waals surface area contributed by atoms with E-state index >= 15 is 0 Å². The van der Waals surface area contributed by atoms with Crippen LogP contribution in [0, 0.1) is 0 Å². The number of anilines is 2. The topological polar surface area (TPSA) is 113 Å². The van der Waals surface area contributed by atoms with Gasteiger partial charge in [0.1, 0.15) is 0 Å². The SMILES string of the molecule is COC(=O)c1ccc(N2CCCC2)c(NC(=O)CN(C)S(=O)(=O)c2ccc(C(C)=O)cc2)c1. The van der Waals surface area contributed by atoms with Gasteiger partial charge in [-0.25, -0.2) is 13.2 Å². The quantitative estimate of drug-likeness (QED) is 0.463. The second-order valence-corrected chi connectivity index (χ2v) is 9.85. The number of carbonyl (C=O) groups is 3. The second kappa shape index (κ2) is 10.1. The number of Topliss-reactive ketones (excluding diaryl/α,β-unsaturated/α-hetero) is 1. The Balaban J connectivity index is 1.78. The number of nitrogens with one attached hydrogen (secondary N) is 1. The zero-order chi connectivity index (χ0) is 24.2. The summed E-state index contributed by atoms with van der Waals surface area (Å²) in [6.45, 7) is 2.61. The first kappa shape index (κ1) is 24.4. The predicted molar refractivity (Wildman–Crippen MR) is 124 cm³/mol. The van der Waals surface area contributed by atoms with Crippen molar-refractivity contribution < 1.29 is 27.5 Å². The molecule has 0 spiro atoms. The fourth-order valence-corrected chi connectivity index (χ4v) is 4.76. The number of likely N-dealkylation sites (N-methyl/N-ethyl adjacent to an activating group) is 1. The highest BCUT2D eigenvalue weighted by Crippen LogP contribution is 2.30. The summed E-state index contributed by atoms with van der Waals surface area (Å²) >= 11 is 0. The summed E-state index contributed by atoms with van der Waals surface area (Å²) in [4.78, 5) is 38.2. The highest BCUT2D eigenvalue weighted by atomic mass is 32.2. The van der Waals surface area contributed by atoms with E-state index in [4.69, 9.17) is 4.74 Å². The van der Waals surface area contributed by atoms with Gasteiger partial charge in [-0.2, -0.15) is 4.31 Å². The van der Waals surface area contributed by atoms with Crippen LogP contribution in [0.25, 0.3) is 0 Å². The van der Waals surface area contributed by atoms with Gasteiger partial charge in [0, 0.05) is 25.7 Å². The van der Waals surface area contributed by atoms with Crippen molar-refractivity contribution in [3.63, 3.8) is 0 Å². The number of hydrogen-bond donors (Lipinski definition) is 1. The van der Waals surface area contributed by atoms with Crippen LogP contribution >= 0.6 is 0 Å². The van der Waals surface area contributed by atoms with E-state index in [9.17, 15) is 22.8 Å². The Morgan fingerprint density at radius 1 is 1.03 bits per heavy atom. The molecule has 9 nitrogen and oxygen atoms in total. The Morgan fingerprint density at radius 3 is 2.21 bits per heavy atom. The van der Waals surface area contributed by atoms with Crippen LogP contribution in [0.4, 0.5) is 11.4 Å². The maximum atomic E-state index is 12.9. The van der Waals surface area contributed by atoms with Gasteiger partial charge in [-0.1, -0.05) is 12.1 Å². The molecule has 0 radical (unpaired) electrons. The Kier molecular flexibility index (Phi) is 7.50. The van der Waals surface area contributed by atoms with E-state index in [1.165, 1.54) is 51.4 Å². The van der Waals surface area contributed by atoms with Crippen molar-refractivity contribution in [2.24, 2.45) is 0 Å². The number of ether oxygens (including phenoxy) is 1. The van der Waals surface area contributed by atoms with Gasteiger partial charge in [0.2, 0.25) is 15.9 Å². The third-order valence-corrected chi connectivity index (χ3v) is 7.29. The third kappa shape index (κ3) is 5.58. The molecule has 2 aromatic rings. The van der Waals surface area contributed by atoms with Gasteiger partial charge in [0.15, 0.2) is 5.78 Å². The predicted octanol–water partition coefficient (Wildman–Crippen LogP) is 2.54. The Hall–Kier alpha value is -3.24. The highest BCUT2D eigenvalue weighted by molar-refractivity contribution is 7.89. The maximum Gasteiger partial charge on any atom is 0.337 e. The minimum Gasteiger partial charge on any atom is -0.465 e. The van der Waals surface area contributed by atoms with Crippen molar-refractivity contribution >= 4 is 39.1 Å². The molecular formula is C23H27N3O6S. The van der Waals surface area contributed by atoms with E-state index in [1.54, 1.807) is 12.1 Å². The molecule has 2 aromatic carbocycles. The van der Waals surface area contributed by atoms with Gasteiger partial charge in [0.25, 0.3) is 0 Å². The summed E-state index contributed by atoms with van der Waals surface area (Å²) in [7, 11) is -1.36. The molecule has 1 saturated heterocycles. The van der Waals surface area contributed by atoms with Crippen molar-refractivity contribution in [3.05, 3.63) is 53.6 Å². The van der Waals surface area contributed by atoms with E-state index in [0.29, 0.717) is 11.3 Å². The van der Waals surface area contributed by atoms with Crippen LogP contribution in [0.2, 0.25) is 0 Å². The number of benzene rings is 2. The van der Waals surface area contributed by atoms with Gasteiger partial charge in [0.05, 0.1) is 35.5 Å². The zero-order valence-electron chi connectivity index (χ0n) is 18.8. The van der Waals surface area contributed by atoms with Crippen LogP contribution in [0.3, 0.4) is 0 Å². The third-order valence-electron chi connectivity index (χ3n) is 5.47. The number of hydrogen-bond acceptors (Lipinski definition) is 7. The van der Waals surface area contributed by atoms with E-state index in [0.717, 1.165) is 35.9 Å². The Morgan fingerprint density at radius 2 is 1.64 bits per heavy atom. The normalized spacial score (nSPS) is 13.8. The summed E-state index contributed by atoms with van der Waals surface area (Å²) in [5.41, 5.74) is 1.86. The molecule has 176 valence electrons. The van der Waals surface area contributed by atoms with Gasteiger partial charge in [-0.3, -0.25) is 9.59 Å². The number of nitrogens with zero attached hydrogens (tertiary/aromatic N) is 2. The van der Waals surface area contributed by atoms with Crippen LogP contribution < -0.4 is 10.2 Å². The first-order valence-electron chi connectivity index (χ1n) is 10.5. The van der Waals surface area contributed by atoms with Gasteiger partial charge < -0.3 is 15.0 Å². The summed E-state index contributed by atoms with van der Waals surface area (Å²) in [5, 5.41) is 2.75. The van der Waals surface area contributed by atoms with E-state index in [-0.39, 0.29) is 16.2 Å². The Labute approximate surface area is 193 Å². The number of amides is 1. The minimum atomic E-state index is -3.94. The molecule has 1 aliphatic heterocycles. The molecule has 0 unspecified atom stereocenters. The number of esters is 1. The lowest BCUT2D eigenvalue weighted by atomic mass is 10.1. The van der Waals surface area contributed by atoms with E-state index in [1.807, 2.05) is 0 Å². The molecule has 0 atom stereocenters. The smallest absolute Gasteiger partial charge is 0.337 e. The molecule has 3 rings (SSSR count). The molecule has 1 fully saturated rings. The minimum absolute atomic E-state index is 0.0201. The lowest BCUT2D eigenvalue weighted by Gasteiger charge is -2.23. The maximum absolute atomic E-state index is 12.9. The van der Waals surface area contributed by atoms with Crippen molar-refractivity contribution in [2.75, 3.05) is 44.0 Å². The first-order valence-corrected chi connectivity index (χ1v) is 11.9. The summed E-state index contributed by atoms with van der Waals surface area (Å²) in [6, 6.07) is 10.5. The highest BCUT2D eigenvalue weighted by Gasteiger charge is 2.25. The van der Waals surface area contributed by atoms with Crippen LogP contribution in [0.1, 0.15) is 40.5 Å². The van der Waals surface area contributed by atoms with E-state index in [2.05, 4.69) is 10.2 Å². The number of rotatable bonds is 8. The summed E-state index contributed by atoms with van der Waals surface area (Å²) < 4.78 is 31.4. The fraction of sp³-hybridized carbons (Fsp3) is 0.348. The largest absolute Gasteiger partial charge is 0.465 e. The molecule has 0 aliphatic carbocycles. The average molecular weight is 474 g/mol. The zero-order valence-corrected chi connectivity index (χ0v) is 19.6. The number of ketones is 1. The van der Waals surface area contributed by atoms with Crippen molar-refractivity contribution in [3.8, 4) is 0 Å². The van der Waals surface area contributed by atoms with Crippen molar-refractivity contribution in [1.29, 1.82) is 0 Å². The number of sulfonamides is 1. The average Bonchev–Trinajstić information content (AvgIpc) is 3.33. The number of carbonyl (C=O) groups excluding carboxylic acids is 3. The standard InChI is InChI=1S/C23H27N3O6S/c1-16(27)17-6-9-19(10-7-17)33(30,31)25(2)15-22(28)24-20-14-18(23(29)32-3)8-11-21(20)26-12-4-5-13-26/h6-11,14H,4-5,12-13,15H2,1-3H3,(H,24,28). The molecular weight excluding hydrogens is 446 g/mol. The van der Waals surface area contributed by atoms with Crippen LogP contribution in [0.5, 0.6) is 0 Å². The van der Waals surface area contributed by atoms with Crippen molar-refractivity contribution in [2.45, 2.75) is 24.7 Å². The molecule has 10 heteroatoms. The molecule has 33 heavy (non-hydrogen) atoms. The molecule has 0 bridgehead atoms.